The Hall–Kier alpha value is -1.66. The van der Waals surface area contributed by atoms with E-state index in [1.165, 1.54) is 13.2 Å². The molecule has 1 fully saturated rings. The van der Waals surface area contributed by atoms with Gasteiger partial charge in [-0.1, -0.05) is 6.07 Å². The molecule has 5 nitrogen and oxygen atoms in total. The van der Waals surface area contributed by atoms with Crippen molar-refractivity contribution in [2.75, 3.05) is 39.8 Å². The minimum absolute atomic E-state index is 0.0918. The number of piperazine rings is 1. The van der Waals surface area contributed by atoms with Crippen LogP contribution in [-0.4, -0.2) is 66.2 Å². The van der Waals surface area contributed by atoms with E-state index in [1.807, 2.05) is 4.90 Å². The fourth-order valence-electron chi connectivity index (χ4n) is 2.98. The van der Waals surface area contributed by atoms with Gasteiger partial charge in [0, 0.05) is 39.1 Å². The molecule has 1 N–H and O–H groups in total. The average molecular weight is 338 g/mol. The second-order valence-corrected chi connectivity index (χ2v) is 6.94. The van der Waals surface area contributed by atoms with Gasteiger partial charge in [-0.05, 0) is 38.0 Å². The van der Waals surface area contributed by atoms with Gasteiger partial charge in [-0.2, -0.15) is 0 Å². The third kappa shape index (κ3) is 5.46. The molecule has 0 unspecified atom stereocenters. The fraction of sp³-hybridized carbons (Fsp3) is 0.611. The molecule has 1 aliphatic heterocycles. The molecule has 1 amide bonds. The first-order chi connectivity index (χ1) is 11.3. The third-order valence-electron chi connectivity index (χ3n) is 4.18. The first kappa shape index (κ1) is 18.7. The van der Waals surface area contributed by atoms with Crippen molar-refractivity contribution >= 4 is 5.91 Å². The molecule has 1 heterocycles. The number of aryl methyl sites for hydroxylation is 1. The monoisotopic (exact) mass is 338 g/mol. The number of benzene rings is 1. The quantitative estimate of drug-likeness (QED) is 0.857. The summed E-state index contributed by atoms with van der Waals surface area (Å²) in [6.07, 6.45) is 0.890. The predicted molar refractivity (Wildman–Crippen MR) is 90.6 cm³/mol. The maximum atomic E-state index is 13.7. The summed E-state index contributed by atoms with van der Waals surface area (Å²) < 4.78 is 18.6. The van der Waals surface area contributed by atoms with Crippen LogP contribution in [0.3, 0.4) is 0 Å². The van der Waals surface area contributed by atoms with E-state index in [2.05, 4.69) is 4.90 Å². The minimum Gasteiger partial charge on any atom is -0.494 e. The van der Waals surface area contributed by atoms with Crippen molar-refractivity contribution in [1.29, 1.82) is 0 Å². The van der Waals surface area contributed by atoms with E-state index < -0.39 is 11.4 Å². The highest BCUT2D eigenvalue weighted by molar-refractivity contribution is 5.76. The lowest BCUT2D eigenvalue weighted by Crippen LogP contribution is -2.52. The first-order valence-corrected chi connectivity index (χ1v) is 8.33. The second-order valence-electron chi connectivity index (χ2n) is 6.94. The van der Waals surface area contributed by atoms with Gasteiger partial charge in [-0.3, -0.25) is 9.69 Å². The Morgan fingerprint density at radius 1 is 1.29 bits per heavy atom. The molecule has 1 saturated heterocycles. The van der Waals surface area contributed by atoms with E-state index in [1.54, 1.807) is 26.0 Å². The number of carbonyl (C=O) groups excluding carboxylic acids is 1. The highest BCUT2D eigenvalue weighted by atomic mass is 19.1. The van der Waals surface area contributed by atoms with Gasteiger partial charge in [0.05, 0.1) is 12.7 Å². The van der Waals surface area contributed by atoms with Gasteiger partial charge < -0.3 is 14.7 Å². The Morgan fingerprint density at radius 2 is 1.96 bits per heavy atom. The number of methoxy groups -OCH3 is 1. The molecular formula is C18H27FN2O3. The molecule has 0 saturated carbocycles. The fourth-order valence-corrected chi connectivity index (χ4v) is 2.98. The third-order valence-corrected chi connectivity index (χ3v) is 4.18. The van der Waals surface area contributed by atoms with Crippen LogP contribution in [0.1, 0.15) is 25.8 Å². The van der Waals surface area contributed by atoms with Crippen molar-refractivity contribution in [2.24, 2.45) is 0 Å². The summed E-state index contributed by atoms with van der Waals surface area (Å²) in [6, 6.07) is 4.80. The van der Waals surface area contributed by atoms with Crippen molar-refractivity contribution in [3.63, 3.8) is 0 Å². The SMILES string of the molecule is COc1ccc(CCC(=O)N2CCN(CC(C)(C)O)CC2)cc1F. The molecule has 24 heavy (non-hydrogen) atoms. The zero-order chi connectivity index (χ0) is 17.7. The summed E-state index contributed by atoms with van der Waals surface area (Å²) in [6.45, 7) is 7.08. The molecule has 0 radical (unpaired) electrons. The van der Waals surface area contributed by atoms with Gasteiger partial charge in [0.2, 0.25) is 5.91 Å². The summed E-state index contributed by atoms with van der Waals surface area (Å²) >= 11 is 0. The minimum atomic E-state index is -0.718. The largest absolute Gasteiger partial charge is 0.494 e. The Morgan fingerprint density at radius 3 is 2.50 bits per heavy atom. The smallest absolute Gasteiger partial charge is 0.222 e. The van der Waals surface area contributed by atoms with Crippen LogP contribution in [-0.2, 0) is 11.2 Å². The summed E-state index contributed by atoms with van der Waals surface area (Å²) in [5, 5.41) is 9.85. The zero-order valence-electron chi connectivity index (χ0n) is 14.7. The molecule has 0 aromatic heterocycles. The van der Waals surface area contributed by atoms with Gasteiger partial charge in [-0.25, -0.2) is 4.39 Å². The van der Waals surface area contributed by atoms with Gasteiger partial charge in [0.25, 0.3) is 0 Å². The van der Waals surface area contributed by atoms with Crippen LogP contribution in [0.25, 0.3) is 0 Å². The maximum Gasteiger partial charge on any atom is 0.222 e. The van der Waals surface area contributed by atoms with Crippen LogP contribution in [0.5, 0.6) is 5.75 Å². The Labute approximate surface area is 143 Å². The van der Waals surface area contributed by atoms with Crippen LogP contribution in [0.15, 0.2) is 18.2 Å². The maximum absolute atomic E-state index is 13.7. The highest BCUT2D eigenvalue weighted by Gasteiger charge is 2.24. The molecule has 2 rings (SSSR count). The molecule has 1 aromatic rings. The average Bonchev–Trinajstić information content (AvgIpc) is 2.52. The molecule has 0 spiro atoms. The van der Waals surface area contributed by atoms with E-state index >= 15 is 0 Å². The van der Waals surface area contributed by atoms with Crippen molar-refractivity contribution in [3.05, 3.63) is 29.6 Å². The lowest BCUT2D eigenvalue weighted by molar-refractivity contribution is -0.133. The van der Waals surface area contributed by atoms with E-state index in [0.29, 0.717) is 32.5 Å². The second kappa shape index (κ2) is 7.94. The molecule has 134 valence electrons. The van der Waals surface area contributed by atoms with E-state index in [-0.39, 0.29) is 11.7 Å². The topological polar surface area (TPSA) is 53.0 Å². The van der Waals surface area contributed by atoms with Crippen LogP contribution in [0, 0.1) is 5.82 Å². The van der Waals surface area contributed by atoms with E-state index in [0.717, 1.165) is 18.7 Å². The zero-order valence-corrected chi connectivity index (χ0v) is 14.7. The van der Waals surface area contributed by atoms with Crippen LogP contribution < -0.4 is 4.74 Å². The van der Waals surface area contributed by atoms with Crippen molar-refractivity contribution in [3.8, 4) is 5.75 Å². The number of halogens is 1. The number of amides is 1. The molecular weight excluding hydrogens is 311 g/mol. The predicted octanol–water partition coefficient (Wildman–Crippen LogP) is 1.68. The Kier molecular flexibility index (Phi) is 6.18. The van der Waals surface area contributed by atoms with Gasteiger partial charge in [0.15, 0.2) is 11.6 Å². The number of β-amino-alcohol motifs (C(OH)–C–C–N with tert-alkyl or cyclic N) is 1. The summed E-state index contributed by atoms with van der Waals surface area (Å²) in [5.74, 6) is -0.0928. The van der Waals surface area contributed by atoms with Crippen molar-refractivity contribution in [2.45, 2.75) is 32.3 Å². The van der Waals surface area contributed by atoms with E-state index in [4.69, 9.17) is 4.74 Å². The molecule has 1 aromatic carbocycles. The van der Waals surface area contributed by atoms with Crippen molar-refractivity contribution < 1.29 is 19.0 Å². The number of ether oxygens (including phenoxy) is 1. The lowest BCUT2D eigenvalue weighted by Gasteiger charge is -2.37. The Bertz CT molecular complexity index is 564. The van der Waals surface area contributed by atoms with Crippen LogP contribution >= 0.6 is 0 Å². The first-order valence-electron chi connectivity index (χ1n) is 8.33. The Balaban J connectivity index is 1.79. The van der Waals surface area contributed by atoms with Crippen molar-refractivity contribution in [1.82, 2.24) is 9.80 Å². The van der Waals surface area contributed by atoms with Crippen LogP contribution in [0.4, 0.5) is 4.39 Å². The van der Waals surface area contributed by atoms with Gasteiger partial charge >= 0.3 is 0 Å². The normalized spacial score (nSPS) is 16.3. The molecule has 6 heteroatoms. The number of hydrogen-bond acceptors (Lipinski definition) is 4. The van der Waals surface area contributed by atoms with Gasteiger partial charge in [0.1, 0.15) is 0 Å². The number of rotatable bonds is 6. The van der Waals surface area contributed by atoms with Gasteiger partial charge in [-0.15, -0.1) is 0 Å². The summed E-state index contributed by atoms with van der Waals surface area (Å²) in [5.41, 5.74) is 0.0762. The van der Waals surface area contributed by atoms with Crippen LogP contribution in [0.2, 0.25) is 0 Å². The lowest BCUT2D eigenvalue weighted by atomic mass is 10.1. The molecule has 0 aliphatic carbocycles. The number of carbonyl (C=O) groups is 1. The molecule has 0 atom stereocenters. The van der Waals surface area contributed by atoms with E-state index in [9.17, 15) is 14.3 Å². The number of hydrogen-bond donors (Lipinski definition) is 1. The highest BCUT2D eigenvalue weighted by Crippen LogP contribution is 2.19. The standard InChI is InChI=1S/C18H27FN2O3/c1-18(2,23)13-20-8-10-21(11-9-20)17(22)7-5-14-4-6-16(24-3)15(19)12-14/h4,6,12,23H,5,7-11,13H2,1-3H3. The molecule has 0 bridgehead atoms. The number of nitrogens with zero attached hydrogens (tertiary/aromatic N) is 2. The summed E-state index contributed by atoms with van der Waals surface area (Å²) in [7, 11) is 1.43. The molecule has 1 aliphatic rings. The summed E-state index contributed by atoms with van der Waals surface area (Å²) in [4.78, 5) is 16.3. The number of aliphatic hydroxyl groups is 1.